The molecule has 0 spiro atoms. The number of hydrogen-bond acceptors (Lipinski definition) is 4. The minimum Gasteiger partial charge on any atom is -0.351 e. The van der Waals surface area contributed by atoms with Crippen LogP contribution in [0.3, 0.4) is 0 Å². The van der Waals surface area contributed by atoms with Crippen molar-refractivity contribution in [2.75, 3.05) is 11.4 Å². The lowest BCUT2D eigenvalue weighted by Gasteiger charge is -2.32. The van der Waals surface area contributed by atoms with Crippen LogP contribution in [0.25, 0.3) is 0 Å². The molecule has 3 amide bonds. The van der Waals surface area contributed by atoms with Crippen molar-refractivity contribution >= 4 is 34.7 Å². The molecule has 1 fully saturated rings. The highest BCUT2D eigenvalue weighted by Crippen LogP contribution is 2.30. The number of anilines is 1. The summed E-state index contributed by atoms with van der Waals surface area (Å²) in [5.41, 5.74) is 2.31. The number of rotatable bonds is 8. The van der Waals surface area contributed by atoms with Gasteiger partial charge in [0.25, 0.3) is 5.91 Å². The second kappa shape index (κ2) is 11.1. The summed E-state index contributed by atoms with van der Waals surface area (Å²) in [6.45, 7) is 1.73. The number of amides is 3. The zero-order valence-electron chi connectivity index (χ0n) is 19.2. The lowest BCUT2D eigenvalue weighted by molar-refractivity contribution is -0.126. The molecule has 0 radical (unpaired) electrons. The highest BCUT2D eigenvalue weighted by molar-refractivity contribution is 7.12. The van der Waals surface area contributed by atoms with Gasteiger partial charge in [-0.1, -0.05) is 61.4 Å². The summed E-state index contributed by atoms with van der Waals surface area (Å²) in [6.07, 6.45) is 4.08. The number of carbonyl (C=O) groups excluding carboxylic acids is 3. The van der Waals surface area contributed by atoms with Crippen molar-refractivity contribution in [1.82, 2.24) is 10.6 Å². The maximum Gasteiger partial charge on any atom is 0.261 e. The SMILES string of the molecule is Cc1cccc(N(C(=O)CNC(=O)c2cccs2)[C@H](C(=O)NC2CCCC2)c2ccccc2)c1. The molecule has 0 bridgehead atoms. The molecule has 7 heteroatoms. The molecule has 1 atom stereocenters. The van der Waals surface area contributed by atoms with E-state index in [0.29, 0.717) is 10.6 Å². The molecule has 2 aromatic carbocycles. The number of benzene rings is 2. The molecule has 176 valence electrons. The van der Waals surface area contributed by atoms with Crippen LogP contribution < -0.4 is 15.5 Å². The number of nitrogens with zero attached hydrogens (tertiary/aromatic N) is 1. The number of hydrogen-bond donors (Lipinski definition) is 2. The van der Waals surface area contributed by atoms with Crippen molar-refractivity contribution in [2.45, 2.75) is 44.7 Å². The average Bonchev–Trinajstić information content (AvgIpc) is 3.56. The molecule has 1 aromatic heterocycles. The third-order valence-corrected chi connectivity index (χ3v) is 6.89. The average molecular weight is 476 g/mol. The molecule has 1 saturated carbocycles. The molecule has 1 aliphatic rings. The smallest absolute Gasteiger partial charge is 0.261 e. The normalized spacial score (nSPS) is 14.4. The van der Waals surface area contributed by atoms with E-state index in [4.69, 9.17) is 0 Å². The predicted molar refractivity (Wildman–Crippen MR) is 135 cm³/mol. The molecule has 6 nitrogen and oxygen atoms in total. The van der Waals surface area contributed by atoms with E-state index in [1.165, 1.54) is 16.2 Å². The first-order chi connectivity index (χ1) is 16.5. The van der Waals surface area contributed by atoms with E-state index in [0.717, 1.165) is 36.8 Å². The molecule has 0 unspecified atom stereocenters. The van der Waals surface area contributed by atoms with E-state index in [2.05, 4.69) is 10.6 Å². The van der Waals surface area contributed by atoms with Crippen LogP contribution in [0.15, 0.2) is 72.1 Å². The highest BCUT2D eigenvalue weighted by Gasteiger charge is 2.34. The second-order valence-corrected chi connectivity index (χ2v) is 9.51. The summed E-state index contributed by atoms with van der Waals surface area (Å²) in [5, 5.41) is 7.70. The fraction of sp³-hybridized carbons (Fsp3) is 0.296. The van der Waals surface area contributed by atoms with Gasteiger partial charge in [0.2, 0.25) is 11.8 Å². The van der Waals surface area contributed by atoms with Gasteiger partial charge in [-0.15, -0.1) is 11.3 Å². The Morgan fingerprint density at radius 3 is 2.44 bits per heavy atom. The Labute approximate surface area is 204 Å². The van der Waals surface area contributed by atoms with Gasteiger partial charge < -0.3 is 10.6 Å². The molecule has 1 heterocycles. The van der Waals surface area contributed by atoms with Crippen LogP contribution in [0.4, 0.5) is 5.69 Å². The maximum absolute atomic E-state index is 13.6. The zero-order chi connectivity index (χ0) is 23.9. The van der Waals surface area contributed by atoms with Gasteiger partial charge in [0.15, 0.2) is 0 Å². The third kappa shape index (κ3) is 5.72. The lowest BCUT2D eigenvalue weighted by Crippen LogP contribution is -2.49. The zero-order valence-corrected chi connectivity index (χ0v) is 20.0. The van der Waals surface area contributed by atoms with Crippen molar-refractivity contribution in [1.29, 1.82) is 0 Å². The van der Waals surface area contributed by atoms with Crippen LogP contribution in [-0.2, 0) is 9.59 Å². The standard InChI is InChI=1S/C27H29N3O3S/c1-19-9-7-14-22(17-19)30(24(31)18-28-26(32)23-15-8-16-34-23)25(20-10-3-2-4-11-20)27(33)29-21-12-5-6-13-21/h2-4,7-11,14-17,21,25H,5-6,12-13,18H2,1H3,(H,28,32)(H,29,33)/t25-/m0/s1. The third-order valence-electron chi connectivity index (χ3n) is 6.02. The fourth-order valence-corrected chi connectivity index (χ4v) is 4.99. The molecule has 2 N–H and O–H groups in total. The van der Waals surface area contributed by atoms with Gasteiger partial charge in [-0.25, -0.2) is 0 Å². The summed E-state index contributed by atoms with van der Waals surface area (Å²) in [7, 11) is 0. The Morgan fingerprint density at radius 1 is 1.00 bits per heavy atom. The summed E-state index contributed by atoms with van der Waals surface area (Å²) < 4.78 is 0. The largest absolute Gasteiger partial charge is 0.351 e. The molecule has 4 rings (SSSR count). The van der Waals surface area contributed by atoms with Crippen molar-refractivity contribution in [3.63, 3.8) is 0 Å². The quantitative estimate of drug-likeness (QED) is 0.499. The van der Waals surface area contributed by atoms with Crippen molar-refractivity contribution in [3.8, 4) is 0 Å². The molecular formula is C27H29N3O3S. The monoisotopic (exact) mass is 475 g/mol. The van der Waals surface area contributed by atoms with Crippen LogP contribution >= 0.6 is 11.3 Å². The van der Waals surface area contributed by atoms with E-state index in [1.807, 2.05) is 66.9 Å². The van der Waals surface area contributed by atoms with E-state index < -0.39 is 6.04 Å². The summed E-state index contributed by atoms with van der Waals surface area (Å²) in [5.74, 6) is -0.873. The van der Waals surface area contributed by atoms with E-state index in [-0.39, 0.29) is 30.3 Å². The van der Waals surface area contributed by atoms with Crippen LogP contribution in [0.5, 0.6) is 0 Å². The number of thiophene rings is 1. The van der Waals surface area contributed by atoms with Gasteiger partial charge in [0.1, 0.15) is 6.04 Å². The molecule has 1 aliphatic carbocycles. The molecule has 3 aromatic rings. The van der Waals surface area contributed by atoms with Crippen LogP contribution in [0, 0.1) is 6.92 Å². The van der Waals surface area contributed by atoms with Crippen molar-refractivity contribution in [2.24, 2.45) is 0 Å². The summed E-state index contributed by atoms with van der Waals surface area (Å²) in [6, 6.07) is 19.6. The number of nitrogens with one attached hydrogen (secondary N) is 2. The number of aryl methyl sites for hydroxylation is 1. The van der Waals surface area contributed by atoms with Gasteiger partial charge in [0.05, 0.1) is 11.4 Å². The molecule has 0 saturated heterocycles. The van der Waals surface area contributed by atoms with E-state index in [9.17, 15) is 14.4 Å². The Kier molecular flexibility index (Phi) is 7.75. The van der Waals surface area contributed by atoms with Crippen LogP contribution in [0.2, 0.25) is 0 Å². The topological polar surface area (TPSA) is 78.5 Å². The summed E-state index contributed by atoms with van der Waals surface area (Å²) in [4.78, 5) is 41.8. The Bertz CT molecular complexity index is 1130. The minimum absolute atomic E-state index is 0.117. The Balaban J connectivity index is 1.66. The fourth-order valence-electron chi connectivity index (χ4n) is 4.35. The highest BCUT2D eigenvalue weighted by atomic mass is 32.1. The van der Waals surface area contributed by atoms with Gasteiger partial charge in [-0.3, -0.25) is 19.3 Å². The first-order valence-corrected chi connectivity index (χ1v) is 12.5. The van der Waals surface area contributed by atoms with Gasteiger partial charge in [-0.05, 0) is 54.5 Å². The maximum atomic E-state index is 13.6. The van der Waals surface area contributed by atoms with E-state index in [1.54, 1.807) is 12.1 Å². The van der Waals surface area contributed by atoms with Gasteiger partial charge in [0, 0.05) is 11.7 Å². The number of carbonyl (C=O) groups is 3. The first-order valence-electron chi connectivity index (χ1n) is 11.6. The Morgan fingerprint density at radius 2 is 1.76 bits per heavy atom. The van der Waals surface area contributed by atoms with Crippen molar-refractivity contribution in [3.05, 3.63) is 88.1 Å². The van der Waals surface area contributed by atoms with Gasteiger partial charge in [-0.2, -0.15) is 0 Å². The Hall–Kier alpha value is -3.45. The first kappa shape index (κ1) is 23.7. The van der Waals surface area contributed by atoms with Crippen molar-refractivity contribution < 1.29 is 14.4 Å². The lowest BCUT2D eigenvalue weighted by atomic mass is 10.0. The summed E-state index contributed by atoms with van der Waals surface area (Å²) >= 11 is 1.31. The van der Waals surface area contributed by atoms with Crippen LogP contribution in [0.1, 0.15) is 52.5 Å². The predicted octanol–water partition coefficient (Wildman–Crippen LogP) is 4.62. The minimum atomic E-state index is -0.852. The van der Waals surface area contributed by atoms with E-state index >= 15 is 0 Å². The van der Waals surface area contributed by atoms with Crippen LogP contribution in [-0.4, -0.2) is 30.3 Å². The molecule has 0 aliphatic heterocycles. The second-order valence-electron chi connectivity index (χ2n) is 8.57. The van der Waals surface area contributed by atoms with Gasteiger partial charge >= 0.3 is 0 Å². The molecular weight excluding hydrogens is 446 g/mol. The molecule has 34 heavy (non-hydrogen) atoms.